The van der Waals surface area contributed by atoms with Crippen LogP contribution in [0.2, 0.25) is 0 Å². The van der Waals surface area contributed by atoms with Crippen molar-refractivity contribution in [2.45, 2.75) is 17.1 Å². The number of hydrogen-bond acceptors (Lipinski definition) is 6. The van der Waals surface area contributed by atoms with Gasteiger partial charge in [0.1, 0.15) is 4.21 Å². The number of carbonyl (C=O) groups is 1. The molecular weight excluding hydrogens is 350 g/mol. The fourth-order valence-corrected chi connectivity index (χ4v) is 5.59. The standard InChI is InChI=1S/C15H19N3O4S2/c16-10-12-1-3-17(4-2-12)15(19)13-9-14(23-11-13)24(20,21)18-5-7-22-8-6-18/h9,11-12H,1-8H2. The maximum atomic E-state index is 12.6. The van der Waals surface area contributed by atoms with Crippen LogP contribution in [0.1, 0.15) is 23.2 Å². The molecule has 2 aliphatic rings. The van der Waals surface area contributed by atoms with Crippen molar-refractivity contribution in [2.24, 2.45) is 5.92 Å². The van der Waals surface area contributed by atoms with Crippen molar-refractivity contribution in [1.82, 2.24) is 9.21 Å². The molecule has 1 aromatic heterocycles. The van der Waals surface area contributed by atoms with Crippen LogP contribution in [0, 0.1) is 17.2 Å². The van der Waals surface area contributed by atoms with Crippen molar-refractivity contribution in [3.8, 4) is 6.07 Å². The van der Waals surface area contributed by atoms with E-state index >= 15 is 0 Å². The topological polar surface area (TPSA) is 90.7 Å². The minimum absolute atomic E-state index is 0.00813. The quantitative estimate of drug-likeness (QED) is 0.797. The molecule has 0 aromatic carbocycles. The molecule has 0 unspecified atom stereocenters. The zero-order chi connectivity index (χ0) is 17.2. The molecule has 3 rings (SSSR count). The van der Waals surface area contributed by atoms with Gasteiger partial charge in [-0.25, -0.2) is 8.42 Å². The van der Waals surface area contributed by atoms with Crippen LogP contribution < -0.4 is 0 Å². The van der Waals surface area contributed by atoms with E-state index in [1.54, 1.807) is 10.3 Å². The van der Waals surface area contributed by atoms with E-state index in [4.69, 9.17) is 10.00 Å². The predicted octanol–water partition coefficient (Wildman–Crippen LogP) is 1.14. The molecule has 0 saturated carbocycles. The number of likely N-dealkylation sites (tertiary alicyclic amines) is 1. The molecule has 1 aromatic rings. The first-order valence-corrected chi connectivity index (χ1v) is 10.2. The van der Waals surface area contributed by atoms with Gasteiger partial charge in [-0.3, -0.25) is 4.79 Å². The number of sulfonamides is 1. The molecule has 24 heavy (non-hydrogen) atoms. The van der Waals surface area contributed by atoms with Crippen LogP contribution in [-0.2, 0) is 14.8 Å². The highest BCUT2D eigenvalue weighted by molar-refractivity contribution is 7.91. The average Bonchev–Trinajstić information content (AvgIpc) is 3.13. The summed E-state index contributed by atoms with van der Waals surface area (Å²) in [6.07, 6.45) is 1.34. The minimum atomic E-state index is -3.56. The highest BCUT2D eigenvalue weighted by Gasteiger charge is 2.30. The SMILES string of the molecule is N#CC1CCN(C(=O)c2csc(S(=O)(=O)N3CCOCC3)c2)CC1. The van der Waals surface area contributed by atoms with E-state index in [-0.39, 0.29) is 16.0 Å². The normalized spacial score (nSPS) is 20.7. The number of ether oxygens (including phenoxy) is 1. The molecule has 7 nitrogen and oxygen atoms in total. The van der Waals surface area contributed by atoms with Crippen LogP contribution in [0.25, 0.3) is 0 Å². The Balaban J connectivity index is 1.71. The van der Waals surface area contributed by atoms with Gasteiger partial charge in [0.15, 0.2) is 0 Å². The van der Waals surface area contributed by atoms with Gasteiger partial charge < -0.3 is 9.64 Å². The molecule has 2 fully saturated rings. The Morgan fingerprint density at radius 3 is 2.54 bits per heavy atom. The van der Waals surface area contributed by atoms with Gasteiger partial charge in [0.25, 0.3) is 15.9 Å². The van der Waals surface area contributed by atoms with Gasteiger partial charge >= 0.3 is 0 Å². The largest absolute Gasteiger partial charge is 0.379 e. The summed E-state index contributed by atoms with van der Waals surface area (Å²) in [6, 6.07) is 3.70. The van der Waals surface area contributed by atoms with Crippen molar-refractivity contribution >= 4 is 27.3 Å². The Morgan fingerprint density at radius 1 is 1.25 bits per heavy atom. The van der Waals surface area contributed by atoms with Gasteiger partial charge in [-0.1, -0.05) is 0 Å². The average molecular weight is 369 g/mol. The number of morpholine rings is 1. The third-order valence-corrected chi connectivity index (χ3v) is 7.67. The number of piperidine rings is 1. The van der Waals surface area contributed by atoms with Crippen molar-refractivity contribution in [3.05, 3.63) is 17.0 Å². The van der Waals surface area contributed by atoms with Gasteiger partial charge in [0, 0.05) is 37.5 Å². The third kappa shape index (κ3) is 3.47. The fraction of sp³-hybridized carbons (Fsp3) is 0.600. The summed E-state index contributed by atoms with van der Waals surface area (Å²) in [7, 11) is -3.56. The monoisotopic (exact) mass is 369 g/mol. The molecule has 0 atom stereocenters. The van der Waals surface area contributed by atoms with E-state index in [2.05, 4.69) is 6.07 Å². The maximum Gasteiger partial charge on any atom is 0.254 e. The fourth-order valence-electron chi connectivity index (χ4n) is 2.87. The van der Waals surface area contributed by atoms with Gasteiger partial charge in [-0.15, -0.1) is 11.3 Å². The number of nitriles is 1. The van der Waals surface area contributed by atoms with Crippen molar-refractivity contribution in [1.29, 1.82) is 5.26 Å². The van der Waals surface area contributed by atoms with Crippen molar-refractivity contribution in [3.63, 3.8) is 0 Å². The zero-order valence-electron chi connectivity index (χ0n) is 13.2. The number of rotatable bonds is 3. The summed E-state index contributed by atoms with van der Waals surface area (Å²) in [5, 5.41) is 10.5. The molecule has 3 heterocycles. The molecule has 0 spiro atoms. The molecule has 0 radical (unpaired) electrons. The zero-order valence-corrected chi connectivity index (χ0v) is 14.8. The first-order chi connectivity index (χ1) is 11.5. The molecule has 0 aliphatic carbocycles. The second-order valence-corrected chi connectivity index (χ2v) is 8.94. The summed E-state index contributed by atoms with van der Waals surface area (Å²) in [5.74, 6) is -0.153. The van der Waals surface area contributed by atoms with E-state index < -0.39 is 10.0 Å². The van der Waals surface area contributed by atoms with Crippen LogP contribution in [0.15, 0.2) is 15.7 Å². The van der Waals surface area contributed by atoms with Crippen LogP contribution in [0.3, 0.4) is 0 Å². The van der Waals surface area contributed by atoms with Gasteiger partial charge in [0.05, 0.1) is 24.8 Å². The van der Waals surface area contributed by atoms with Crippen molar-refractivity contribution in [2.75, 3.05) is 39.4 Å². The molecule has 0 N–H and O–H groups in total. The first-order valence-electron chi connectivity index (χ1n) is 7.87. The molecule has 1 amide bonds. The summed E-state index contributed by atoms with van der Waals surface area (Å²) in [6.45, 7) is 2.54. The lowest BCUT2D eigenvalue weighted by Gasteiger charge is -2.28. The predicted molar refractivity (Wildman–Crippen MR) is 88.1 cm³/mol. The highest BCUT2D eigenvalue weighted by atomic mass is 32.2. The number of nitrogens with zero attached hydrogens (tertiary/aromatic N) is 3. The van der Waals surface area contributed by atoms with Gasteiger partial charge in [0.2, 0.25) is 0 Å². The molecular formula is C15H19N3O4S2. The maximum absolute atomic E-state index is 12.6. The smallest absolute Gasteiger partial charge is 0.254 e. The second kappa shape index (κ2) is 7.19. The Kier molecular flexibility index (Phi) is 5.20. The molecule has 9 heteroatoms. The van der Waals surface area contributed by atoms with Gasteiger partial charge in [-0.2, -0.15) is 9.57 Å². The number of amides is 1. The number of hydrogen-bond donors (Lipinski definition) is 0. The van der Waals surface area contributed by atoms with Crippen LogP contribution in [-0.4, -0.2) is 62.9 Å². The molecule has 2 aliphatic heterocycles. The Hall–Kier alpha value is -1.47. The summed E-state index contributed by atoms with van der Waals surface area (Å²) < 4.78 is 32.0. The Morgan fingerprint density at radius 2 is 1.92 bits per heavy atom. The lowest BCUT2D eigenvalue weighted by molar-refractivity contribution is 0.0707. The summed E-state index contributed by atoms with van der Waals surface area (Å²) in [5.41, 5.74) is 0.405. The number of thiophene rings is 1. The van der Waals surface area contributed by atoms with E-state index in [0.717, 1.165) is 11.3 Å². The lowest BCUT2D eigenvalue weighted by atomic mass is 9.98. The van der Waals surface area contributed by atoms with E-state index in [0.29, 0.717) is 57.8 Å². The summed E-state index contributed by atoms with van der Waals surface area (Å²) in [4.78, 5) is 14.2. The third-order valence-electron chi connectivity index (χ3n) is 4.35. The molecule has 130 valence electrons. The van der Waals surface area contributed by atoms with Crippen LogP contribution in [0.5, 0.6) is 0 Å². The highest BCUT2D eigenvalue weighted by Crippen LogP contribution is 2.26. The van der Waals surface area contributed by atoms with E-state index in [1.165, 1.54) is 10.4 Å². The Labute approximate surface area is 145 Å². The minimum Gasteiger partial charge on any atom is -0.379 e. The number of carbonyl (C=O) groups excluding carboxylic acids is 1. The van der Waals surface area contributed by atoms with E-state index in [9.17, 15) is 13.2 Å². The van der Waals surface area contributed by atoms with E-state index in [1.807, 2.05) is 0 Å². The first kappa shape index (κ1) is 17.4. The summed E-state index contributed by atoms with van der Waals surface area (Å²) >= 11 is 1.08. The second-order valence-electron chi connectivity index (χ2n) is 5.87. The van der Waals surface area contributed by atoms with Gasteiger partial charge in [-0.05, 0) is 18.9 Å². The molecule has 2 saturated heterocycles. The Bertz CT molecular complexity index is 739. The van der Waals surface area contributed by atoms with Crippen LogP contribution >= 0.6 is 11.3 Å². The van der Waals surface area contributed by atoms with Crippen LogP contribution in [0.4, 0.5) is 0 Å². The van der Waals surface area contributed by atoms with Crippen molar-refractivity contribution < 1.29 is 17.9 Å². The lowest BCUT2D eigenvalue weighted by Crippen LogP contribution is -2.40. The molecule has 0 bridgehead atoms.